The van der Waals surface area contributed by atoms with Crippen molar-refractivity contribution in [2.45, 2.75) is 31.1 Å². The number of sulfonamides is 1. The lowest BCUT2D eigenvalue weighted by Crippen LogP contribution is -2.35. The van der Waals surface area contributed by atoms with Crippen LogP contribution < -0.4 is 5.32 Å². The minimum atomic E-state index is -3.43. The van der Waals surface area contributed by atoms with Crippen LogP contribution in [0, 0.1) is 6.92 Å². The summed E-state index contributed by atoms with van der Waals surface area (Å²) in [5.41, 5.74) is 0.902. The summed E-state index contributed by atoms with van der Waals surface area (Å²) in [6.07, 6.45) is 4.34. The molecule has 0 unspecified atom stereocenters. The van der Waals surface area contributed by atoms with Crippen molar-refractivity contribution in [1.82, 2.24) is 14.3 Å². The third-order valence-corrected chi connectivity index (χ3v) is 5.72. The molecular weight excluding hydrogens is 312 g/mol. The number of nitrogens with zero attached hydrogens (tertiary/aromatic N) is 3. The summed E-state index contributed by atoms with van der Waals surface area (Å²) in [5, 5.41) is 3.07. The molecule has 0 amide bonds. The van der Waals surface area contributed by atoms with E-state index in [1.165, 1.54) is 6.20 Å². The van der Waals surface area contributed by atoms with E-state index in [1.807, 2.05) is 25.1 Å². The summed E-state index contributed by atoms with van der Waals surface area (Å²) < 4.78 is 26.7. The quantitative estimate of drug-likeness (QED) is 0.932. The molecule has 0 bridgehead atoms. The van der Waals surface area contributed by atoms with Gasteiger partial charge in [-0.05, 0) is 44.0 Å². The van der Waals surface area contributed by atoms with Crippen molar-refractivity contribution in [3.05, 3.63) is 42.2 Å². The zero-order chi connectivity index (χ0) is 16.3. The molecule has 0 saturated carbocycles. The van der Waals surface area contributed by atoms with Gasteiger partial charge in [0.25, 0.3) is 0 Å². The van der Waals surface area contributed by atoms with Gasteiger partial charge in [0.2, 0.25) is 10.0 Å². The Bertz CT molecular complexity index is 769. The van der Waals surface area contributed by atoms with E-state index in [0.717, 1.165) is 25.0 Å². The number of aromatic nitrogens is 2. The summed E-state index contributed by atoms with van der Waals surface area (Å²) in [7, 11) is -3.43. The molecule has 7 heteroatoms. The van der Waals surface area contributed by atoms with Crippen molar-refractivity contribution in [3.8, 4) is 0 Å². The van der Waals surface area contributed by atoms with Crippen LogP contribution in [-0.2, 0) is 10.0 Å². The van der Waals surface area contributed by atoms with Gasteiger partial charge >= 0.3 is 0 Å². The van der Waals surface area contributed by atoms with Crippen LogP contribution in [0.15, 0.2) is 41.4 Å². The highest BCUT2D eigenvalue weighted by Crippen LogP contribution is 2.21. The number of rotatable bonds is 4. The number of pyridine rings is 2. The lowest BCUT2D eigenvalue weighted by Gasteiger charge is -2.25. The number of piperidine rings is 1. The molecule has 1 aliphatic rings. The van der Waals surface area contributed by atoms with E-state index >= 15 is 0 Å². The van der Waals surface area contributed by atoms with E-state index in [0.29, 0.717) is 24.7 Å². The van der Waals surface area contributed by atoms with Crippen LogP contribution in [0.1, 0.15) is 25.0 Å². The molecule has 1 saturated heterocycles. The fraction of sp³-hybridized carbons (Fsp3) is 0.375. The van der Waals surface area contributed by atoms with Crippen LogP contribution in [0.5, 0.6) is 0 Å². The second kappa shape index (κ2) is 6.64. The number of aryl methyl sites for hydroxylation is 1. The van der Waals surface area contributed by atoms with E-state index in [2.05, 4.69) is 15.3 Å². The largest absolute Gasteiger partial charge is 0.325 e. The lowest BCUT2D eigenvalue weighted by molar-refractivity contribution is 0.346. The topological polar surface area (TPSA) is 75.2 Å². The highest BCUT2D eigenvalue weighted by Gasteiger charge is 2.26. The molecule has 1 aliphatic heterocycles. The normalized spacial score (nSPS) is 16.2. The summed E-state index contributed by atoms with van der Waals surface area (Å²) >= 11 is 0. The Balaban J connectivity index is 1.76. The molecule has 0 aromatic carbocycles. The Labute approximate surface area is 136 Å². The van der Waals surface area contributed by atoms with Gasteiger partial charge in [0, 0.05) is 25.0 Å². The molecule has 2 aromatic heterocycles. The Hall–Kier alpha value is -1.99. The molecule has 3 rings (SSSR count). The van der Waals surface area contributed by atoms with Gasteiger partial charge in [0.15, 0.2) is 0 Å². The monoisotopic (exact) mass is 332 g/mol. The molecule has 1 fully saturated rings. The summed E-state index contributed by atoms with van der Waals surface area (Å²) in [6.45, 7) is 3.10. The minimum absolute atomic E-state index is 0.238. The van der Waals surface area contributed by atoms with Crippen molar-refractivity contribution in [1.29, 1.82) is 0 Å². The van der Waals surface area contributed by atoms with E-state index < -0.39 is 10.0 Å². The van der Waals surface area contributed by atoms with Crippen molar-refractivity contribution >= 4 is 21.7 Å². The van der Waals surface area contributed by atoms with Gasteiger partial charge in [-0.3, -0.25) is 0 Å². The van der Waals surface area contributed by atoms with E-state index in [9.17, 15) is 8.42 Å². The summed E-state index contributed by atoms with van der Waals surface area (Å²) in [5.74, 6) is 1.25. The first-order chi connectivity index (χ1) is 11.1. The molecule has 0 aliphatic carbocycles. The fourth-order valence-corrected chi connectivity index (χ4v) is 4.07. The van der Waals surface area contributed by atoms with Crippen LogP contribution in [-0.4, -0.2) is 35.8 Å². The maximum absolute atomic E-state index is 12.6. The van der Waals surface area contributed by atoms with Gasteiger partial charge in [-0.1, -0.05) is 12.5 Å². The molecule has 0 spiro atoms. The van der Waals surface area contributed by atoms with Crippen LogP contribution in [0.2, 0.25) is 0 Å². The SMILES string of the molecule is Cc1cccc(Nc2ccc(S(=O)(=O)N3CCCCC3)cn2)n1. The molecule has 0 atom stereocenters. The first kappa shape index (κ1) is 15.9. The Morgan fingerprint density at radius 3 is 2.48 bits per heavy atom. The maximum Gasteiger partial charge on any atom is 0.244 e. The lowest BCUT2D eigenvalue weighted by atomic mass is 10.2. The second-order valence-corrected chi connectivity index (χ2v) is 7.57. The highest BCUT2D eigenvalue weighted by molar-refractivity contribution is 7.89. The number of hydrogen-bond acceptors (Lipinski definition) is 5. The molecule has 122 valence electrons. The Kier molecular flexibility index (Phi) is 4.58. The van der Waals surface area contributed by atoms with Crippen LogP contribution in [0.25, 0.3) is 0 Å². The Morgan fingerprint density at radius 1 is 1.04 bits per heavy atom. The van der Waals surface area contributed by atoms with Crippen molar-refractivity contribution < 1.29 is 8.42 Å². The van der Waals surface area contributed by atoms with Crippen LogP contribution in [0.4, 0.5) is 11.6 Å². The number of anilines is 2. The van der Waals surface area contributed by atoms with Crippen LogP contribution in [0.3, 0.4) is 0 Å². The van der Waals surface area contributed by atoms with Gasteiger partial charge < -0.3 is 5.32 Å². The van der Waals surface area contributed by atoms with Gasteiger partial charge in [-0.2, -0.15) is 4.31 Å². The summed E-state index contributed by atoms with van der Waals surface area (Å²) in [6, 6.07) is 8.91. The van der Waals surface area contributed by atoms with E-state index in [4.69, 9.17) is 0 Å². The predicted molar refractivity (Wildman–Crippen MR) is 89.1 cm³/mol. The molecule has 6 nitrogen and oxygen atoms in total. The van der Waals surface area contributed by atoms with Crippen molar-refractivity contribution in [2.24, 2.45) is 0 Å². The molecular formula is C16H20N4O2S. The first-order valence-electron chi connectivity index (χ1n) is 7.72. The van der Waals surface area contributed by atoms with Crippen molar-refractivity contribution in [2.75, 3.05) is 18.4 Å². The minimum Gasteiger partial charge on any atom is -0.325 e. The van der Waals surface area contributed by atoms with E-state index in [1.54, 1.807) is 16.4 Å². The fourth-order valence-electron chi connectivity index (χ4n) is 2.61. The second-order valence-electron chi connectivity index (χ2n) is 5.63. The van der Waals surface area contributed by atoms with Gasteiger partial charge in [-0.15, -0.1) is 0 Å². The average molecular weight is 332 g/mol. The zero-order valence-corrected chi connectivity index (χ0v) is 13.9. The highest BCUT2D eigenvalue weighted by atomic mass is 32.2. The third kappa shape index (κ3) is 3.68. The van der Waals surface area contributed by atoms with Gasteiger partial charge in [0.1, 0.15) is 16.5 Å². The van der Waals surface area contributed by atoms with Crippen LogP contribution >= 0.6 is 0 Å². The molecule has 1 N–H and O–H groups in total. The molecule has 0 radical (unpaired) electrons. The average Bonchev–Trinajstić information content (AvgIpc) is 2.56. The standard InChI is InChI=1S/C16H20N4O2S/c1-13-6-5-7-16(18-13)19-15-9-8-14(12-17-15)23(21,22)20-10-3-2-4-11-20/h5-9,12H,2-4,10-11H2,1H3,(H,17,18,19). The third-order valence-electron chi connectivity index (χ3n) is 3.83. The van der Waals surface area contributed by atoms with Crippen molar-refractivity contribution in [3.63, 3.8) is 0 Å². The Morgan fingerprint density at radius 2 is 1.83 bits per heavy atom. The predicted octanol–water partition coefficient (Wildman–Crippen LogP) is 2.70. The van der Waals surface area contributed by atoms with Gasteiger partial charge in [-0.25, -0.2) is 18.4 Å². The van der Waals surface area contributed by atoms with Gasteiger partial charge in [0.05, 0.1) is 0 Å². The maximum atomic E-state index is 12.6. The smallest absolute Gasteiger partial charge is 0.244 e. The number of hydrogen-bond donors (Lipinski definition) is 1. The number of nitrogens with one attached hydrogen (secondary N) is 1. The molecule has 3 heterocycles. The first-order valence-corrected chi connectivity index (χ1v) is 9.16. The summed E-state index contributed by atoms with van der Waals surface area (Å²) in [4.78, 5) is 8.78. The van der Waals surface area contributed by atoms with E-state index in [-0.39, 0.29) is 4.90 Å². The molecule has 23 heavy (non-hydrogen) atoms. The zero-order valence-electron chi connectivity index (χ0n) is 13.1. The molecule has 2 aromatic rings.